The van der Waals surface area contributed by atoms with Crippen molar-refractivity contribution in [2.45, 2.75) is 32.2 Å². The van der Waals surface area contributed by atoms with Gasteiger partial charge in [-0.1, -0.05) is 30.3 Å². The predicted octanol–water partition coefficient (Wildman–Crippen LogP) is 3.69. The molecule has 5 nitrogen and oxygen atoms in total. The van der Waals surface area contributed by atoms with Gasteiger partial charge in [-0.3, -0.25) is 9.59 Å². The van der Waals surface area contributed by atoms with Crippen LogP contribution in [0.1, 0.15) is 48.1 Å². The Morgan fingerprint density at radius 1 is 1.00 bits per heavy atom. The summed E-state index contributed by atoms with van der Waals surface area (Å²) in [6, 6.07) is 15.0. The van der Waals surface area contributed by atoms with Crippen LogP contribution in [0.3, 0.4) is 0 Å². The smallest absolute Gasteiger partial charge is 0.220 e. The Bertz CT molecular complexity index is 773. The van der Waals surface area contributed by atoms with Crippen LogP contribution in [0.15, 0.2) is 48.5 Å². The number of amides is 1. The van der Waals surface area contributed by atoms with Crippen molar-refractivity contribution in [3.63, 3.8) is 0 Å². The van der Waals surface area contributed by atoms with Gasteiger partial charge in [0.05, 0.1) is 6.04 Å². The van der Waals surface area contributed by atoms with Crippen molar-refractivity contribution in [2.75, 3.05) is 13.2 Å². The van der Waals surface area contributed by atoms with Crippen LogP contribution in [-0.4, -0.2) is 24.9 Å². The molecule has 3 rings (SSSR count). The molecule has 2 aromatic carbocycles. The van der Waals surface area contributed by atoms with Gasteiger partial charge >= 0.3 is 0 Å². The molecule has 1 aliphatic rings. The first-order chi connectivity index (χ1) is 12.6. The maximum atomic E-state index is 12.3. The molecule has 0 fully saturated rings. The van der Waals surface area contributed by atoms with E-state index in [1.165, 1.54) is 0 Å². The van der Waals surface area contributed by atoms with E-state index in [0.29, 0.717) is 49.5 Å². The Labute approximate surface area is 153 Å². The largest absolute Gasteiger partial charge is 0.486 e. The fourth-order valence-electron chi connectivity index (χ4n) is 2.91. The lowest BCUT2D eigenvalue weighted by atomic mass is 10.0. The second kappa shape index (κ2) is 8.52. The quantitative estimate of drug-likeness (QED) is 0.771. The minimum absolute atomic E-state index is 0.00545. The number of hydrogen-bond donors (Lipinski definition) is 1. The van der Waals surface area contributed by atoms with Crippen molar-refractivity contribution >= 4 is 11.7 Å². The van der Waals surface area contributed by atoms with E-state index >= 15 is 0 Å². The molecule has 1 unspecified atom stereocenters. The zero-order valence-electron chi connectivity index (χ0n) is 14.9. The highest BCUT2D eigenvalue weighted by molar-refractivity contribution is 5.96. The van der Waals surface area contributed by atoms with Crippen LogP contribution < -0.4 is 14.8 Å². The van der Waals surface area contributed by atoms with E-state index < -0.39 is 0 Å². The molecule has 0 spiro atoms. The third kappa shape index (κ3) is 4.63. The molecule has 0 bridgehead atoms. The second-order valence-electron chi connectivity index (χ2n) is 6.34. The molecule has 136 valence electrons. The van der Waals surface area contributed by atoms with E-state index in [1.54, 1.807) is 18.2 Å². The van der Waals surface area contributed by atoms with Gasteiger partial charge in [-0.2, -0.15) is 0 Å². The molecule has 1 atom stereocenters. The van der Waals surface area contributed by atoms with E-state index in [0.717, 1.165) is 5.56 Å². The summed E-state index contributed by atoms with van der Waals surface area (Å²) in [5.41, 5.74) is 1.65. The van der Waals surface area contributed by atoms with Crippen molar-refractivity contribution in [2.24, 2.45) is 0 Å². The van der Waals surface area contributed by atoms with Crippen LogP contribution in [0, 0.1) is 0 Å². The molecular formula is C21H23NO4. The normalized spacial score (nSPS) is 13.7. The fraction of sp³-hybridized carbons (Fsp3) is 0.333. The molecule has 1 amide bonds. The van der Waals surface area contributed by atoms with Gasteiger partial charge in [0.1, 0.15) is 13.2 Å². The van der Waals surface area contributed by atoms with Gasteiger partial charge < -0.3 is 14.8 Å². The van der Waals surface area contributed by atoms with E-state index in [2.05, 4.69) is 5.32 Å². The summed E-state index contributed by atoms with van der Waals surface area (Å²) >= 11 is 0. The number of ether oxygens (including phenoxy) is 2. The van der Waals surface area contributed by atoms with Crippen LogP contribution in [-0.2, 0) is 4.79 Å². The molecule has 1 aliphatic heterocycles. The summed E-state index contributed by atoms with van der Waals surface area (Å²) in [7, 11) is 0. The standard InChI is InChI=1S/C21H23NO4/c1-15(16-6-3-2-4-7-16)22-21(24)9-5-8-18(23)17-10-11-19-20(14-17)26-13-12-25-19/h2-4,6-7,10-11,14-15H,5,8-9,12-13H2,1H3,(H,22,24). The molecule has 0 aliphatic carbocycles. The van der Waals surface area contributed by atoms with Crippen molar-refractivity contribution in [1.82, 2.24) is 5.32 Å². The molecular weight excluding hydrogens is 330 g/mol. The second-order valence-corrected chi connectivity index (χ2v) is 6.34. The molecule has 0 radical (unpaired) electrons. The van der Waals surface area contributed by atoms with Gasteiger partial charge in [-0.25, -0.2) is 0 Å². The molecule has 0 saturated carbocycles. The van der Waals surface area contributed by atoms with E-state index in [1.807, 2.05) is 37.3 Å². The van der Waals surface area contributed by atoms with Gasteiger partial charge in [-0.05, 0) is 37.1 Å². The van der Waals surface area contributed by atoms with Gasteiger partial charge in [0.2, 0.25) is 5.91 Å². The van der Waals surface area contributed by atoms with Crippen LogP contribution in [0.2, 0.25) is 0 Å². The Kier molecular flexibility index (Phi) is 5.89. The van der Waals surface area contributed by atoms with Gasteiger partial charge in [0.15, 0.2) is 17.3 Å². The highest BCUT2D eigenvalue weighted by Crippen LogP contribution is 2.31. The highest BCUT2D eigenvalue weighted by atomic mass is 16.6. The number of carbonyl (C=O) groups is 2. The van der Waals surface area contributed by atoms with Crippen LogP contribution in [0.4, 0.5) is 0 Å². The monoisotopic (exact) mass is 353 g/mol. The fourth-order valence-corrected chi connectivity index (χ4v) is 2.91. The molecule has 1 N–H and O–H groups in total. The maximum Gasteiger partial charge on any atom is 0.220 e. The van der Waals surface area contributed by atoms with Crippen molar-refractivity contribution in [1.29, 1.82) is 0 Å². The third-order valence-electron chi connectivity index (χ3n) is 4.35. The topological polar surface area (TPSA) is 64.6 Å². The molecule has 1 heterocycles. The van der Waals surface area contributed by atoms with E-state index in [-0.39, 0.29) is 17.7 Å². The Hall–Kier alpha value is -2.82. The predicted molar refractivity (Wildman–Crippen MR) is 98.6 cm³/mol. The summed E-state index contributed by atoms with van der Waals surface area (Å²) in [5.74, 6) is 1.24. The van der Waals surface area contributed by atoms with E-state index in [4.69, 9.17) is 9.47 Å². The number of Topliss-reactive ketones (excluding diaryl/α,β-unsaturated/α-hetero) is 1. The van der Waals surface area contributed by atoms with Gasteiger partial charge in [-0.15, -0.1) is 0 Å². The van der Waals surface area contributed by atoms with Crippen LogP contribution in [0.5, 0.6) is 11.5 Å². The SMILES string of the molecule is CC(NC(=O)CCCC(=O)c1ccc2c(c1)OCCO2)c1ccccc1. The minimum Gasteiger partial charge on any atom is -0.486 e. The summed E-state index contributed by atoms with van der Waals surface area (Å²) in [5, 5.41) is 2.96. The van der Waals surface area contributed by atoms with Crippen LogP contribution >= 0.6 is 0 Å². The third-order valence-corrected chi connectivity index (χ3v) is 4.35. The first kappa shape index (κ1) is 18.0. The summed E-state index contributed by atoms with van der Waals surface area (Å²) < 4.78 is 11.0. The average molecular weight is 353 g/mol. The summed E-state index contributed by atoms with van der Waals surface area (Å²) in [4.78, 5) is 24.4. The number of hydrogen-bond acceptors (Lipinski definition) is 4. The first-order valence-corrected chi connectivity index (χ1v) is 8.90. The molecule has 2 aromatic rings. The maximum absolute atomic E-state index is 12.3. The number of carbonyl (C=O) groups excluding carboxylic acids is 2. The van der Waals surface area contributed by atoms with Crippen molar-refractivity contribution in [3.8, 4) is 11.5 Å². The number of nitrogens with one attached hydrogen (secondary N) is 1. The number of fused-ring (bicyclic) bond motifs is 1. The van der Waals surface area contributed by atoms with Crippen molar-refractivity contribution in [3.05, 3.63) is 59.7 Å². The average Bonchev–Trinajstić information content (AvgIpc) is 2.68. The Morgan fingerprint density at radius 2 is 1.73 bits per heavy atom. The number of ketones is 1. The lowest BCUT2D eigenvalue weighted by Gasteiger charge is -2.18. The zero-order chi connectivity index (χ0) is 18.4. The van der Waals surface area contributed by atoms with Crippen molar-refractivity contribution < 1.29 is 19.1 Å². The first-order valence-electron chi connectivity index (χ1n) is 8.90. The Balaban J connectivity index is 1.45. The minimum atomic E-state index is -0.0451. The molecule has 26 heavy (non-hydrogen) atoms. The van der Waals surface area contributed by atoms with Gasteiger partial charge in [0.25, 0.3) is 0 Å². The number of benzene rings is 2. The highest BCUT2D eigenvalue weighted by Gasteiger charge is 2.15. The van der Waals surface area contributed by atoms with Crippen LogP contribution in [0.25, 0.3) is 0 Å². The number of rotatable bonds is 7. The van der Waals surface area contributed by atoms with E-state index in [9.17, 15) is 9.59 Å². The lowest BCUT2D eigenvalue weighted by molar-refractivity contribution is -0.121. The summed E-state index contributed by atoms with van der Waals surface area (Å²) in [6.07, 6.45) is 1.17. The molecule has 0 saturated heterocycles. The Morgan fingerprint density at radius 3 is 2.50 bits per heavy atom. The lowest BCUT2D eigenvalue weighted by Crippen LogP contribution is -2.26. The zero-order valence-corrected chi connectivity index (χ0v) is 14.9. The molecule has 5 heteroatoms. The molecule has 0 aromatic heterocycles. The summed E-state index contributed by atoms with van der Waals surface area (Å²) in [6.45, 7) is 2.97. The van der Waals surface area contributed by atoms with Gasteiger partial charge in [0, 0.05) is 18.4 Å².